The molecule has 3 N–H and O–H groups in total. The van der Waals surface area contributed by atoms with Crippen LogP contribution in [0.15, 0.2) is 0 Å². The molecule has 0 unspecified atom stereocenters. The number of hydrogen-bond donors (Lipinski definition) is 3. The fraction of sp³-hybridized carbons (Fsp3) is 0.667. The summed E-state index contributed by atoms with van der Waals surface area (Å²) in [7, 11) is -0.0756. The first-order valence-corrected chi connectivity index (χ1v) is 2.79. The minimum Gasteiger partial charge on any atom is -0.556 e. The largest absolute Gasteiger partial charge is 0.556 e. The molecule has 0 aromatic heterocycles. The summed E-state index contributed by atoms with van der Waals surface area (Å²) >= 11 is 0. The van der Waals surface area contributed by atoms with Crippen LogP contribution >= 0.6 is 0 Å². The highest BCUT2D eigenvalue weighted by atomic mass is 16.4. The molecule has 4 nitrogen and oxygen atoms in total. The van der Waals surface area contributed by atoms with Gasteiger partial charge >= 0.3 is 14.5 Å². The maximum absolute atomic E-state index is 8.63. The van der Waals surface area contributed by atoms with Crippen molar-refractivity contribution in [2.24, 2.45) is 0 Å². The van der Waals surface area contributed by atoms with Gasteiger partial charge in [-0.25, -0.2) is 0 Å². The maximum atomic E-state index is 8.63. The van der Waals surface area contributed by atoms with Crippen molar-refractivity contribution in [1.82, 2.24) is 5.23 Å². The molecule has 0 aliphatic carbocycles. The Balaban J connectivity index is 2.82. The van der Waals surface area contributed by atoms with Gasteiger partial charge in [0.1, 0.15) is 6.40 Å². The molecule has 6 heteroatoms. The van der Waals surface area contributed by atoms with Crippen LogP contribution in [0.5, 0.6) is 0 Å². The fourth-order valence-corrected chi connectivity index (χ4v) is 0.386. The molecule has 0 atom stereocenters. The lowest BCUT2D eigenvalue weighted by molar-refractivity contribution is 0.555. The molecule has 0 radical (unpaired) electrons. The van der Waals surface area contributed by atoms with E-state index in [4.69, 9.17) is 10.4 Å². The summed E-state index contributed by atoms with van der Waals surface area (Å²) in [6, 6.07) is 0. The number of rotatable bonds is 5. The van der Waals surface area contributed by atoms with Crippen molar-refractivity contribution in [2.75, 3.05) is 6.44 Å². The first-order chi connectivity index (χ1) is 4.27. The average Bonchev–Trinajstić information content (AvgIpc) is 1.80. The molecule has 0 aromatic rings. The molecule has 0 bridgehead atoms. The van der Waals surface area contributed by atoms with Gasteiger partial charge in [-0.2, -0.15) is 0 Å². The molecule has 9 heavy (non-hydrogen) atoms. The molecule has 0 spiro atoms. The quantitative estimate of drug-likeness (QED) is 0.185. The molecule has 0 rings (SSSR count). The van der Waals surface area contributed by atoms with E-state index in [0.717, 1.165) is 6.40 Å². The molecule has 0 aromatic carbocycles. The van der Waals surface area contributed by atoms with Gasteiger partial charge in [0.25, 0.3) is 0 Å². The summed E-state index contributed by atoms with van der Waals surface area (Å²) in [6.45, 7) is 1.63. The Labute approximate surface area is 55.5 Å². The van der Waals surface area contributed by atoms with Crippen LogP contribution in [0, 0.1) is 5.41 Å². The zero-order chi connectivity index (χ0) is 7.11. The Morgan fingerprint density at radius 3 is 3.11 bits per heavy atom. The lowest BCUT2D eigenvalue weighted by Crippen LogP contribution is -2.34. The molecule has 0 saturated carbocycles. The van der Waals surface area contributed by atoms with Gasteiger partial charge in [-0.3, -0.25) is 5.41 Å². The minimum absolute atomic E-state index is 0.425. The Hall–Kier alpha value is -0.480. The Kier molecular flexibility index (Phi) is 5.35. The Morgan fingerprint density at radius 2 is 2.67 bits per heavy atom. The smallest absolute Gasteiger partial charge is 0.373 e. The van der Waals surface area contributed by atoms with Crippen molar-refractivity contribution >= 4 is 20.9 Å². The van der Waals surface area contributed by atoms with E-state index >= 15 is 0 Å². The second kappa shape index (κ2) is 5.65. The molecule has 0 fully saturated rings. The van der Waals surface area contributed by atoms with E-state index in [2.05, 4.69) is 9.88 Å². The normalized spacial score (nSPS) is 8.22. The van der Waals surface area contributed by atoms with E-state index < -0.39 is 7.05 Å². The van der Waals surface area contributed by atoms with Crippen LogP contribution in [-0.2, 0) is 4.65 Å². The van der Waals surface area contributed by atoms with Crippen LogP contribution in [0.4, 0.5) is 0 Å². The lowest BCUT2D eigenvalue weighted by atomic mass is 9.85. The monoisotopic (exact) mass is 128 g/mol. The summed E-state index contributed by atoms with van der Waals surface area (Å²) in [4.78, 5) is 0. The van der Waals surface area contributed by atoms with Gasteiger partial charge in [0.15, 0.2) is 0 Å². The van der Waals surface area contributed by atoms with Crippen molar-refractivity contribution in [1.29, 1.82) is 5.41 Å². The second-order valence-electron chi connectivity index (χ2n) is 1.62. The van der Waals surface area contributed by atoms with E-state index in [0.29, 0.717) is 13.9 Å². The first-order valence-electron chi connectivity index (χ1n) is 2.79. The van der Waals surface area contributed by atoms with Gasteiger partial charge < -0.3 is 14.9 Å². The van der Waals surface area contributed by atoms with Crippen LogP contribution in [0.3, 0.4) is 0 Å². The van der Waals surface area contributed by atoms with Crippen LogP contribution in [-0.4, -0.2) is 32.4 Å². The predicted octanol–water partition coefficient (Wildman–Crippen LogP) is -1.38. The van der Waals surface area contributed by atoms with Crippen molar-refractivity contribution in [3.8, 4) is 0 Å². The third-order valence-electron chi connectivity index (χ3n) is 0.743. The van der Waals surface area contributed by atoms with Crippen LogP contribution in [0.25, 0.3) is 0 Å². The summed E-state index contributed by atoms with van der Waals surface area (Å²) in [5, 5.41) is 17.8. The molecule has 50 valence electrons. The Morgan fingerprint density at radius 1 is 2.00 bits per heavy atom. The summed E-state index contributed by atoms with van der Waals surface area (Å²) < 4.78 is 4.55. The van der Waals surface area contributed by atoms with Crippen molar-refractivity contribution in [3.05, 3.63) is 0 Å². The van der Waals surface area contributed by atoms with Crippen LogP contribution in [0.1, 0.15) is 0 Å². The zero-order valence-corrected chi connectivity index (χ0v) is 5.42. The highest BCUT2D eigenvalue weighted by Crippen LogP contribution is 1.64. The van der Waals surface area contributed by atoms with E-state index in [1.807, 2.05) is 0 Å². The second-order valence-corrected chi connectivity index (χ2v) is 1.62. The van der Waals surface area contributed by atoms with Gasteiger partial charge in [-0.1, -0.05) is 0 Å². The SMILES string of the molecule is CB(O)NCBOC=N. The lowest BCUT2D eigenvalue weighted by Gasteiger charge is -2.00. The van der Waals surface area contributed by atoms with Crippen LogP contribution in [0.2, 0.25) is 6.82 Å². The predicted molar refractivity (Wildman–Crippen MR) is 38.9 cm³/mol. The average molecular weight is 128 g/mol. The number of nitrogens with one attached hydrogen (secondary N) is 2. The fourth-order valence-electron chi connectivity index (χ4n) is 0.386. The molecule has 0 saturated heterocycles. The summed E-state index contributed by atoms with van der Waals surface area (Å²) in [6.07, 6.45) is 1.44. The number of hydrogen-bond acceptors (Lipinski definition) is 4. The third-order valence-corrected chi connectivity index (χ3v) is 0.743. The minimum atomic E-state index is -0.501. The summed E-state index contributed by atoms with van der Waals surface area (Å²) in [5.74, 6) is 0. The van der Waals surface area contributed by atoms with Crippen molar-refractivity contribution in [3.63, 3.8) is 0 Å². The summed E-state index contributed by atoms with van der Waals surface area (Å²) in [5.41, 5.74) is 0. The highest BCUT2D eigenvalue weighted by Gasteiger charge is 1.99. The zero-order valence-electron chi connectivity index (χ0n) is 5.42. The maximum Gasteiger partial charge on any atom is 0.373 e. The Bertz CT molecular complexity index is 80.2. The molecular weight excluding hydrogens is 118 g/mol. The van der Waals surface area contributed by atoms with E-state index in [1.54, 1.807) is 6.82 Å². The topological polar surface area (TPSA) is 65.3 Å². The van der Waals surface area contributed by atoms with Gasteiger partial charge in [0.05, 0.1) is 0 Å². The van der Waals surface area contributed by atoms with E-state index in [-0.39, 0.29) is 0 Å². The highest BCUT2D eigenvalue weighted by molar-refractivity contribution is 6.47. The van der Waals surface area contributed by atoms with Gasteiger partial charge in [0, 0.05) is 6.44 Å². The molecule has 0 aliphatic heterocycles. The van der Waals surface area contributed by atoms with Crippen LogP contribution < -0.4 is 5.23 Å². The molecule has 0 heterocycles. The van der Waals surface area contributed by atoms with E-state index in [1.165, 1.54) is 0 Å². The van der Waals surface area contributed by atoms with Crippen molar-refractivity contribution in [2.45, 2.75) is 6.82 Å². The standard InChI is InChI=1S/C3H10B2N2O2/c1-5(8)7-2-4-9-3-6/h3-4,6-8H,2H2,1H3. The first kappa shape index (κ1) is 8.52. The molecule has 0 aliphatic rings. The molecule has 0 amide bonds. The van der Waals surface area contributed by atoms with Gasteiger partial charge in [0.2, 0.25) is 0 Å². The van der Waals surface area contributed by atoms with Gasteiger partial charge in [-0.15, -0.1) is 0 Å². The van der Waals surface area contributed by atoms with Crippen molar-refractivity contribution < 1.29 is 9.68 Å². The van der Waals surface area contributed by atoms with Gasteiger partial charge in [-0.05, 0) is 6.82 Å². The molecular formula is C3H10B2N2O2. The third kappa shape index (κ3) is 7.52. The van der Waals surface area contributed by atoms with E-state index in [9.17, 15) is 0 Å².